The summed E-state index contributed by atoms with van der Waals surface area (Å²) < 4.78 is 0. The van der Waals surface area contributed by atoms with E-state index >= 15 is 0 Å². The summed E-state index contributed by atoms with van der Waals surface area (Å²) >= 11 is 0. The van der Waals surface area contributed by atoms with Crippen LogP contribution in [-0.2, 0) is 4.79 Å². The van der Waals surface area contributed by atoms with E-state index in [0.717, 1.165) is 6.42 Å². The van der Waals surface area contributed by atoms with Crippen LogP contribution in [0.15, 0.2) is 12.2 Å². The third kappa shape index (κ3) is 24.5. The van der Waals surface area contributed by atoms with E-state index in [1.54, 1.807) is 0 Å². The number of hydrogen-bond acceptors (Lipinski definition) is 2. The van der Waals surface area contributed by atoms with Crippen LogP contribution in [0, 0.1) is 0 Å². The highest BCUT2D eigenvalue weighted by Gasteiger charge is 1.99. The highest BCUT2D eigenvalue weighted by molar-refractivity contribution is 8.93. The first-order valence-corrected chi connectivity index (χ1v) is 3.93. The molecule has 0 aromatic rings. The largest absolute Gasteiger partial charge is 0.478 e. The second kappa shape index (κ2) is 11.6. The number of carboxylic acid groups (broad SMARTS) is 1. The van der Waals surface area contributed by atoms with Gasteiger partial charge in [-0.05, 0) is 27.6 Å². The van der Waals surface area contributed by atoms with Gasteiger partial charge in [0.2, 0.25) is 0 Å². The van der Waals surface area contributed by atoms with Crippen molar-refractivity contribution in [2.75, 3.05) is 21.1 Å². The molecule has 0 spiro atoms. The van der Waals surface area contributed by atoms with Crippen molar-refractivity contribution in [1.82, 2.24) is 4.90 Å². The van der Waals surface area contributed by atoms with Crippen LogP contribution in [0.25, 0.3) is 0 Å². The van der Waals surface area contributed by atoms with Gasteiger partial charge in [0.15, 0.2) is 0 Å². The lowest BCUT2D eigenvalue weighted by atomic mass is 10.2. The van der Waals surface area contributed by atoms with Crippen LogP contribution < -0.4 is 0 Å². The summed E-state index contributed by atoms with van der Waals surface area (Å²) in [5.74, 6) is -0.883. The summed E-state index contributed by atoms with van der Waals surface area (Å²) in [4.78, 5) is 12.0. The minimum absolute atomic E-state index is 0. The normalized spacial score (nSPS) is 8.08. The fourth-order valence-corrected chi connectivity index (χ4v) is 0.409. The first-order valence-electron chi connectivity index (χ1n) is 3.93. The zero-order chi connectivity index (χ0) is 10.1. The molecule has 0 aliphatic rings. The Balaban J connectivity index is -0.000000173. The molecular formula is C9H20BrNO2. The molecule has 0 atom stereocenters. The van der Waals surface area contributed by atoms with Gasteiger partial charge in [-0.3, -0.25) is 0 Å². The Morgan fingerprint density at radius 2 is 1.69 bits per heavy atom. The van der Waals surface area contributed by atoms with Gasteiger partial charge in [-0.15, -0.1) is 17.0 Å². The Bertz CT molecular complexity index is 144. The van der Waals surface area contributed by atoms with Gasteiger partial charge in [0.1, 0.15) is 0 Å². The highest BCUT2D eigenvalue weighted by Crippen LogP contribution is 1.99. The van der Waals surface area contributed by atoms with E-state index in [2.05, 4.69) is 6.58 Å². The zero-order valence-electron chi connectivity index (χ0n) is 8.83. The van der Waals surface area contributed by atoms with E-state index in [1.165, 1.54) is 0 Å². The van der Waals surface area contributed by atoms with Crippen LogP contribution in [0.5, 0.6) is 0 Å². The summed E-state index contributed by atoms with van der Waals surface area (Å²) in [7, 11) is 6.00. The molecule has 0 bridgehead atoms. The predicted molar refractivity (Wildman–Crippen MR) is 61.6 cm³/mol. The SMILES string of the molecule is Br.C=C(CCC)C(=O)O.CN(C)C. The fourth-order valence-electron chi connectivity index (χ4n) is 0.409. The van der Waals surface area contributed by atoms with E-state index in [1.807, 2.05) is 33.0 Å². The number of nitrogens with zero attached hydrogens (tertiary/aromatic N) is 1. The summed E-state index contributed by atoms with van der Waals surface area (Å²) in [5, 5.41) is 8.21. The summed E-state index contributed by atoms with van der Waals surface area (Å²) in [6.45, 7) is 5.27. The minimum atomic E-state index is -0.883. The molecule has 0 saturated heterocycles. The maximum atomic E-state index is 9.99. The number of rotatable bonds is 3. The molecule has 0 saturated carbocycles. The molecule has 0 heterocycles. The smallest absolute Gasteiger partial charge is 0.330 e. The van der Waals surface area contributed by atoms with Crippen molar-refractivity contribution in [2.45, 2.75) is 19.8 Å². The van der Waals surface area contributed by atoms with Crippen molar-refractivity contribution < 1.29 is 9.90 Å². The van der Waals surface area contributed by atoms with Crippen molar-refractivity contribution in [3.63, 3.8) is 0 Å². The van der Waals surface area contributed by atoms with E-state index in [0.29, 0.717) is 12.0 Å². The lowest BCUT2D eigenvalue weighted by molar-refractivity contribution is -0.132. The van der Waals surface area contributed by atoms with Crippen LogP contribution in [0.4, 0.5) is 0 Å². The first kappa shape index (κ1) is 18.4. The van der Waals surface area contributed by atoms with E-state index in [-0.39, 0.29) is 17.0 Å². The van der Waals surface area contributed by atoms with E-state index in [9.17, 15) is 4.79 Å². The lowest BCUT2D eigenvalue weighted by Gasteiger charge is -1.92. The monoisotopic (exact) mass is 253 g/mol. The average molecular weight is 254 g/mol. The van der Waals surface area contributed by atoms with E-state index < -0.39 is 5.97 Å². The van der Waals surface area contributed by atoms with E-state index in [4.69, 9.17) is 5.11 Å². The lowest BCUT2D eigenvalue weighted by Crippen LogP contribution is -1.99. The highest BCUT2D eigenvalue weighted by atomic mass is 79.9. The first-order chi connectivity index (χ1) is 5.41. The zero-order valence-corrected chi connectivity index (χ0v) is 10.5. The topological polar surface area (TPSA) is 40.5 Å². The van der Waals surface area contributed by atoms with Crippen molar-refractivity contribution in [3.05, 3.63) is 12.2 Å². The maximum Gasteiger partial charge on any atom is 0.330 e. The van der Waals surface area contributed by atoms with Gasteiger partial charge < -0.3 is 10.0 Å². The van der Waals surface area contributed by atoms with Crippen molar-refractivity contribution in [2.24, 2.45) is 0 Å². The maximum absolute atomic E-state index is 9.99. The molecule has 0 aromatic carbocycles. The quantitative estimate of drug-likeness (QED) is 0.785. The second-order valence-corrected chi connectivity index (χ2v) is 3.00. The molecule has 0 unspecified atom stereocenters. The van der Waals surface area contributed by atoms with Gasteiger partial charge in [0.05, 0.1) is 0 Å². The molecule has 0 amide bonds. The Kier molecular flexibility index (Phi) is 16.5. The molecule has 0 rings (SSSR count). The molecule has 80 valence electrons. The summed E-state index contributed by atoms with van der Waals surface area (Å²) in [6.07, 6.45) is 1.44. The number of hydrogen-bond donors (Lipinski definition) is 1. The molecule has 1 N–H and O–H groups in total. The molecule has 0 fully saturated rings. The predicted octanol–water partition coefficient (Wildman–Crippen LogP) is 2.18. The third-order valence-corrected chi connectivity index (χ3v) is 0.854. The van der Waals surface area contributed by atoms with Crippen LogP contribution in [0.1, 0.15) is 19.8 Å². The van der Waals surface area contributed by atoms with Crippen LogP contribution >= 0.6 is 17.0 Å². The standard InChI is InChI=1S/C6H10O2.C3H9N.BrH/c1-3-4-5(2)6(7)8;1-4(2)3;/h2-4H2,1H3,(H,7,8);1-3H3;1H. The van der Waals surface area contributed by atoms with Gasteiger partial charge in [0, 0.05) is 5.57 Å². The Morgan fingerprint density at radius 1 is 1.38 bits per heavy atom. The number of carboxylic acids is 1. The molecule has 4 heteroatoms. The average Bonchev–Trinajstić information content (AvgIpc) is 1.86. The Labute approximate surface area is 91.2 Å². The third-order valence-electron chi connectivity index (χ3n) is 0.854. The second-order valence-electron chi connectivity index (χ2n) is 3.00. The Morgan fingerprint density at radius 3 is 1.77 bits per heavy atom. The van der Waals surface area contributed by atoms with Gasteiger partial charge in [0.25, 0.3) is 0 Å². The molecule has 0 aliphatic heterocycles. The molecule has 0 aliphatic carbocycles. The van der Waals surface area contributed by atoms with Gasteiger partial charge in [-0.25, -0.2) is 4.79 Å². The number of aliphatic carboxylic acids is 1. The fraction of sp³-hybridized carbons (Fsp3) is 0.667. The summed E-state index contributed by atoms with van der Waals surface area (Å²) in [6, 6.07) is 0. The van der Waals surface area contributed by atoms with Crippen molar-refractivity contribution in [3.8, 4) is 0 Å². The van der Waals surface area contributed by atoms with Crippen molar-refractivity contribution in [1.29, 1.82) is 0 Å². The van der Waals surface area contributed by atoms with Gasteiger partial charge in [-0.2, -0.15) is 0 Å². The molecule has 0 radical (unpaired) electrons. The minimum Gasteiger partial charge on any atom is -0.478 e. The number of carbonyl (C=O) groups is 1. The Hall–Kier alpha value is -0.350. The molecule has 13 heavy (non-hydrogen) atoms. The van der Waals surface area contributed by atoms with Crippen molar-refractivity contribution >= 4 is 23.0 Å². The summed E-state index contributed by atoms with van der Waals surface area (Å²) in [5.41, 5.74) is 0.299. The van der Waals surface area contributed by atoms with Gasteiger partial charge in [-0.1, -0.05) is 19.9 Å². The van der Waals surface area contributed by atoms with Crippen LogP contribution in [0.3, 0.4) is 0 Å². The number of halogens is 1. The van der Waals surface area contributed by atoms with Crippen LogP contribution in [0.2, 0.25) is 0 Å². The molecular weight excluding hydrogens is 234 g/mol. The molecule has 0 aromatic heterocycles. The van der Waals surface area contributed by atoms with Crippen LogP contribution in [-0.4, -0.2) is 37.1 Å². The molecule has 3 nitrogen and oxygen atoms in total. The van der Waals surface area contributed by atoms with Gasteiger partial charge >= 0.3 is 5.97 Å².